The lowest BCUT2D eigenvalue weighted by Gasteiger charge is -2.11. The molecule has 1 fully saturated rings. The first kappa shape index (κ1) is 15.7. The van der Waals surface area contributed by atoms with Gasteiger partial charge in [-0.3, -0.25) is 9.36 Å². The summed E-state index contributed by atoms with van der Waals surface area (Å²) < 4.78 is 3.83. The molecule has 1 aromatic carbocycles. The molecule has 1 aliphatic carbocycles. The number of fused-ring (bicyclic) bond motifs is 1. The minimum Gasteiger partial charge on any atom is -0.353 e. The van der Waals surface area contributed by atoms with Crippen molar-refractivity contribution in [2.45, 2.75) is 38.3 Å². The number of imidazole rings is 1. The lowest BCUT2D eigenvalue weighted by atomic mass is 10.1. The minimum atomic E-state index is -0.141. The highest BCUT2D eigenvalue weighted by atomic mass is 16.2. The quantitative estimate of drug-likeness (QED) is 0.768. The zero-order chi connectivity index (χ0) is 17.4. The third-order valence-corrected chi connectivity index (χ3v) is 5.15. The van der Waals surface area contributed by atoms with Gasteiger partial charge in [-0.2, -0.15) is 0 Å². The second kappa shape index (κ2) is 6.27. The molecule has 4 rings (SSSR count). The molecule has 130 valence electrons. The Balaban J connectivity index is 1.58. The molecular weight excluding hydrogens is 316 g/mol. The summed E-state index contributed by atoms with van der Waals surface area (Å²) >= 11 is 0. The molecule has 1 aliphatic rings. The molecule has 0 bridgehead atoms. The van der Waals surface area contributed by atoms with E-state index in [1.807, 2.05) is 40.6 Å². The van der Waals surface area contributed by atoms with E-state index in [9.17, 15) is 9.59 Å². The van der Waals surface area contributed by atoms with Gasteiger partial charge in [0.15, 0.2) is 0 Å². The van der Waals surface area contributed by atoms with Gasteiger partial charge in [0.05, 0.1) is 17.6 Å². The van der Waals surface area contributed by atoms with Crippen LogP contribution in [-0.2, 0) is 13.6 Å². The van der Waals surface area contributed by atoms with Crippen LogP contribution in [0.4, 0.5) is 0 Å². The Morgan fingerprint density at radius 3 is 2.80 bits per heavy atom. The molecule has 6 nitrogen and oxygen atoms in total. The molecule has 0 atom stereocenters. The van der Waals surface area contributed by atoms with Crippen molar-refractivity contribution in [1.82, 2.24) is 19.4 Å². The Morgan fingerprint density at radius 2 is 2.08 bits per heavy atom. The minimum absolute atomic E-state index is 0.0803. The van der Waals surface area contributed by atoms with E-state index in [2.05, 4.69) is 10.3 Å². The van der Waals surface area contributed by atoms with Gasteiger partial charge in [-0.25, -0.2) is 4.79 Å². The Labute approximate surface area is 145 Å². The Morgan fingerprint density at radius 1 is 1.28 bits per heavy atom. The Bertz CT molecular complexity index is 973. The van der Waals surface area contributed by atoms with Crippen LogP contribution in [0.2, 0.25) is 0 Å². The zero-order valence-corrected chi connectivity index (χ0v) is 14.3. The molecular formula is C19H22N4O2. The van der Waals surface area contributed by atoms with Gasteiger partial charge in [-0.05, 0) is 43.2 Å². The third-order valence-electron chi connectivity index (χ3n) is 5.15. The van der Waals surface area contributed by atoms with Crippen molar-refractivity contribution in [1.29, 1.82) is 0 Å². The van der Waals surface area contributed by atoms with Crippen LogP contribution in [0.1, 0.15) is 47.8 Å². The topological polar surface area (TPSA) is 71.8 Å². The van der Waals surface area contributed by atoms with Crippen LogP contribution in [0.3, 0.4) is 0 Å². The number of rotatable bonds is 4. The average Bonchev–Trinajstić information content (AvgIpc) is 3.31. The van der Waals surface area contributed by atoms with E-state index < -0.39 is 0 Å². The van der Waals surface area contributed by atoms with Gasteiger partial charge < -0.3 is 14.9 Å². The van der Waals surface area contributed by atoms with Crippen molar-refractivity contribution in [3.8, 4) is 0 Å². The number of H-pyrrole nitrogens is 1. The van der Waals surface area contributed by atoms with Gasteiger partial charge in [0.2, 0.25) is 0 Å². The van der Waals surface area contributed by atoms with E-state index >= 15 is 0 Å². The number of carbonyl (C=O) groups excluding carboxylic acids is 1. The van der Waals surface area contributed by atoms with Crippen molar-refractivity contribution < 1.29 is 4.79 Å². The summed E-state index contributed by atoms with van der Waals surface area (Å²) in [4.78, 5) is 27.7. The lowest BCUT2D eigenvalue weighted by Crippen LogP contribution is -2.23. The fourth-order valence-electron chi connectivity index (χ4n) is 3.75. The number of nitrogens with one attached hydrogen (secondary N) is 2. The Hall–Kier alpha value is -2.76. The second-order valence-electron chi connectivity index (χ2n) is 6.76. The van der Waals surface area contributed by atoms with E-state index in [0.717, 1.165) is 29.6 Å². The maximum atomic E-state index is 12.4. The van der Waals surface area contributed by atoms with Gasteiger partial charge in [0.1, 0.15) is 0 Å². The monoisotopic (exact) mass is 338 g/mol. The van der Waals surface area contributed by atoms with Crippen molar-refractivity contribution in [3.63, 3.8) is 0 Å². The van der Waals surface area contributed by atoms with Crippen LogP contribution >= 0.6 is 0 Å². The number of nitrogens with zero attached hydrogens (tertiary/aromatic N) is 2. The van der Waals surface area contributed by atoms with Crippen LogP contribution in [0.15, 0.2) is 41.3 Å². The van der Waals surface area contributed by atoms with Crippen LogP contribution in [0.5, 0.6) is 0 Å². The van der Waals surface area contributed by atoms with Crippen molar-refractivity contribution >= 4 is 16.9 Å². The molecule has 2 heterocycles. The summed E-state index contributed by atoms with van der Waals surface area (Å²) in [6.07, 6.45) is 6.38. The van der Waals surface area contributed by atoms with Crippen LogP contribution in [0, 0.1) is 0 Å². The predicted octanol–water partition coefficient (Wildman–Crippen LogP) is 2.71. The van der Waals surface area contributed by atoms with E-state index in [4.69, 9.17) is 0 Å². The summed E-state index contributed by atoms with van der Waals surface area (Å²) in [5, 5.41) is 2.92. The summed E-state index contributed by atoms with van der Waals surface area (Å²) in [6, 6.07) is 9.64. The number of aromatic amines is 1. The fourth-order valence-corrected chi connectivity index (χ4v) is 3.75. The normalized spacial score (nSPS) is 15.1. The maximum Gasteiger partial charge on any atom is 0.326 e. The fraction of sp³-hybridized carbons (Fsp3) is 0.368. The number of carbonyl (C=O) groups is 1. The molecule has 1 saturated carbocycles. The number of hydrogen-bond acceptors (Lipinski definition) is 2. The molecule has 2 N–H and O–H groups in total. The first-order valence-electron chi connectivity index (χ1n) is 8.76. The first-order valence-corrected chi connectivity index (χ1v) is 8.76. The molecule has 0 aliphatic heterocycles. The number of hydrogen-bond donors (Lipinski definition) is 2. The molecule has 6 heteroatoms. The molecule has 0 saturated heterocycles. The SMILES string of the molecule is Cn1cccc1CNC(=O)c1ccc2c(c1)[nH]c(=O)n2C1CCCC1. The lowest BCUT2D eigenvalue weighted by molar-refractivity contribution is 0.0950. The van der Waals surface area contributed by atoms with E-state index in [1.54, 1.807) is 12.1 Å². The highest BCUT2D eigenvalue weighted by Gasteiger charge is 2.21. The number of aromatic nitrogens is 3. The second-order valence-corrected chi connectivity index (χ2v) is 6.76. The average molecular weight is 338 g/mol. The largest absolute Gasteiger partial charge is 0.353 e. The molecule has 0 unspecified atom stereocenters. The molecule has 0 radical (unpaired) electrons. The standard InChI is InChI=1S/C19H22N4O2/c1-22-10-4-7-15(22)12-20-18(24)13-8-9-17-16(11-13)21-19(25)23(17)14-5-2-3-6-14/h4,7-11,14H,2-3,5-6,12H2,1H3,(H,20,24)(H,21,25). The molecule has 1 amide bonds. The van der Waals surface area contributed by atoms with Crippen LogP contribution in [-0.4, -0.2) is 20.0 Å². The van der Waals surface area contributed by atoms with Gasteiger partial charge in [-0.1, -0.05) is 12.8 Å². The highest BCUT2D eigenvalue weighted by Crippen LogP contribution is 2.30. The molecule has 0 spiro atoms. The van der Waals surface area contributed by atoms with E-state index in [-0.39, 0.29) is 17.6 Å². The number of aryl methyl sites for hydroxylation is 1. The van der Waals surface area contributed by atoms with Crippen molar-refractivity contribution in [2.24, 2.45) is 7.05 Å². The van der Waals surface area contributed by atoms with Crippen molar-refractivity contribution in [2.75, 3.05) is 0 Å². The summed E-state index contributed by atoms with van der Waals surface area (Å²) in [7, 11) is 1.95. The first-order chi connectivity index (χ1) is 12.1. The summed E-state index contributed by atoms with van der Waals surface area (Å²) in [5.74, 6) is -0.141. The van der Waals surface area contributed by atoms with Gasteiger partial charge in [-0.15, -0.1) is 0 Å². The van der Waals surface area contributed by atoms with Crippen LogP contribution < -0.4 is 11.0 Å². The molecule has 25 heavy (non-hydrogen) atoms. The molecule has 2 aromatic heterocycles. The van der Waals surface area contributed by atoms with E-state index in [1.165, 1.54) is 12.8 Å². The predicted molar refractivity (Wildman–Crippen MR) is 96.6 cm³/mol. The zero-order valence-electron chi connectivity index (χ0n) is 14.3. The summed E-state index contributed by atoms with van der Waals surface area (Å²) in [5.41, 5.74) is 3.12. The number of amides is 1. The third kappa shape index (κ3) is 2.88. The van der Waals surface area contributed by atoms with Crippen molar-refractivity contribution in [3.05, 3.63) is 58.3 Å². The smallest absolute Gasteiger partial charge is 0.326 e. The van der Waals surface area contributed by atoms with Gasteiger partial charge in [0.25, 0.3) is 5.91 Å². The van der Waals surface area contributed by atoms with Gasteiger partial charge in [0, 0.05) is 30.5 Å². The van der Waals surface area contributed by atoms with E-state index in [0.29, 0.717) is 12.1 Å². The van der Waals surface area contributed by atoms with Gasteiger partial charge >= 0.3 is 5.69 Å². The maximum absolute atomic E-state index is 12.4. The summed E-state index contributed by atoms with van der Waals surface area (Å²) in [6.45, 7) is 0.472. The Kier molecular flexibility index (Phi) is 3.95. The molecule has 3 aromatic rings. The highest BCUT2D eigenvalue weighted by molar-refractivity contribution is 5.97. The van der Waals surface area contributed by atoms with Crippen LogP contribution in [0.25, 0.3) is 11.0 Å². The number of benzene rings is 1.